The number of fused-ring (bicyclic) bond motifs is 16. The van der Waals surface area contributed by atoms with Crippen LogP contribution in [0.3, 0.4) is 0 Å². The third-order valence-corrected chi connectivity index (χ3v) is 21.5. The Bertz CT molecular complexity index is 4130. The van der Waals surface area contributed by atoms with Crippen LogP contribution in [-0.4, -0.2) is 248 Å². The van der Waals surface area contributed by atoms with Crippen LogP contribution in [0.15, 0.2) is 97.2 Å². The van der Waals surface area contributed by atoms with Gasteiger partial charge in [0.2, 0.25) is 65.0 Å². The van der Waals surface area contributed by atoms with Gasteiger partial charge in [0.25, 0.3) is 0 Å². The van der Waals surface area contributed by atoms with Crippen LogP contribution in [0.5, 0.6) is 5.75 Å². The maximum absolute atomic E-state index is 16.2. The van der Waals surface area contributed by atoms with Gasteiger partial charge in [-0.05, 0) is 129 Å². The summed E-state index contributed by atoms with van der Waals surface area (Å²) in [5.74, 6) is -7.77. The number of methoxy groups -OCH3 is 1. The highest BCUT2D eigenvalue weighted by molar-refractivity contribution is 6.00. The second-order valence-corrected chi connectivity index (χ2v) is 31.1. The van der Waals surface area contributed by atoms with Crippen molar-refractivity contribution in [1.82, 2.24) is 61.8 Å². The van der Waals surface area contributed by atoms with Gasteiger partial charge in [0.05, 0.1) is 66.9 Å². The number of carbonyl (C=O) groups is 11. The van der Waals surface area contributed by atoms with Crippen molar-refractivity contribution < 1.29 is 85.7 Å². The van der Waals surface area contributed by atoms with E-state index in [4.69, 9.17) is 18.9 Å². The molecule has 4 aromatic carbocycles. The number of benzene rings is 4. The van der Waals surface area contributed by atoms with Crippen LogP contribution in [0.1, 0.15) is 124 Å². The molecule has 0 radical (unpaired) electrons. The van der Waals surface area contributed by atoms with Gasteiger partial charge in [-0.1, -0.05) is 73.5 Å². The van der Waals surface area contributed by atoms with Gasteiger partial charge in [0, 0.05) is 108 Å². The van der Waals surface area contributed by atoms with Crippen LogP contribution in [-0.2, 0) is 112 Å². The largest absolute Gasteiger partial charge is 0.497 e. The van der Waals surface area contributed by atoms with Gasteiger partial charge < -0.3 is 90.3 Å². The number of carbonyl (C=O) groups excluding carboxylic acids is 11. The highest BCUT2D eigenvalue weighted by atomic mass is 19.1. The van der Waals surface area contributed by atoms with Gasteiger partial charge in [-0.2, -0.15) is 0 Å². The molecule has 29 nitrogen and oxygen atoms in total. The van der Waals surface area contributed by atoms with Crippen molar-refractivity contribution in [3.63, 3.8) is 0 Å². The van der Waals surface area contributed by atoms with Gasteiger partial charge >= 0.3 is 0 Å². The number of nitrogens with one attached hydrogen (secondary N) is 8. The number of aryl methyl sites for hydroxylation is 1. The molecule has 1 aromatic heterocycles. The molecule has 0 aliphatic carbocycles. The lowest BCUT2D eigenvalue weighted by molar-refractivity contribution is -0.870. The van der Waals surface area contributed by atoms with Gasteiger partial charge in [-0.25, -0.2) is 4.39 Å². The zero-order chi connectivity index (χ0) is 80.1. The first-order valence-electron chi connectivity index (χ1n) is 39.3. The molecule has 6 aliphatic heterocycles. The van der Waals surface area contributed by atoms with Crippen molar-refractivity contribution in [3.8, 4) is 5.75 Å². The molecular formula is C82H111FN13O16+. The molecule has 1 unspecified atom stereocenters. The molecule has 30 heteroatoms. The number of hydrogen-bond donors (Lipinski definition) is 9. The van der Waals surface area contributed by atoms with Gasteiger partial charge in [-0.3, -0.25) is 52.7 Å². The van der Waals surface area contributed by atoms with Crippen molar-refractivity contribution in [2.24, 2.45) is 0 Å². The molecule has 112 heavy (non-hydrogen) atoms. The van der Waals surface area contributed by atoms with Crippen molar-refractivity contribution in [3.05, 3.63) is 136 Å². The van der Waals surface area contributed by atoms with E-state index < -0.39 is 132 Å². The Labute approximate surface area is 653 Å². The predicted molar refractivity (Wildman–Crippen MR) is 413 cm³/mol. The molecule has 5 aromatic rings. The fourth-order valence-electron chi connectivity index (χ4n) is 15.0. The average Bonchev–Trinajstić information content (AvgIpc) is 1.64. The average molecular weight is 1550 g/mol. The normalized spacial score (nSPS) is 24.2. The molecule has 0 saturated carbocycles. The van der Waals surface area contributed by atoms with Crippen LogP contribution >= 0.6 is 0 Å². The third-order valence-electron chi connectivity index (χ3n) is 21.5. The fraction of sp³-hybridized carbons (Fsp3) is 0.549. The number of quaternary nitrogens is 1. The molecule has 2 fully saturated rings. The lowest BCUT2D eigenvalue weighted by atomic mass is 9.95. The molecule has 11 amide bonds. The predicted octanol–water partition coefficient (Wildman–Crippen LogP) is 2.70. The Morgan fingerprint density at radius 1 is 0.679 bits per heavy atom. The summed E-state index contributed by atoms with van der Waals surface area (Å²) in [4.78, 5) is 168. The summed E-state index contributed by atoms with van der Waals surface area (Å²) in [5, 5.41) is 34.7. The Kier molecular flexibility index (Phi) is 30.2. The molecule has 6 aliphatic rings. The third kappa shape index (κ3) is 23.6. The minimum absolute atomic E-state index is 0.00342. The molecular weight excluding hydrogens is 1440 g/mol. The smallest absolute Gasteiger partial charge is 0.246 e. The first kappa shape index (κ1) is 84.6. The summed E-state index contributed by atoms with van der Waals surface area (Å²) >= 11 is 0. The number of aliphatic hydroxyl groups is 1. The monoisotopic (exact) mass is 1550 g/mol. The number of aliphatic hydroxyl groups excluding tert-OH is 1. The Hall–Kier alpha value is -9.88. The van der Waals surface area contributed by atoms with Crippen LogP contribution < -0.4 is 47.3 Å². The van der Waals surface area contributed by atoms with Crippen LogP contribution in [0.25, 0.3) is 10.9 Å². The number of rotatable bonds is 15. The van der Waals surface area contributed by atoms with E-state index in [9.17, 15) is 29.1 Å². The molecule has 606 valence electrons. The summed E-state index contributed by atoms with van der Waals surface area (Å²) in [7, 11) is 7.65. The highest BCUT2D eigenvalue weighted by Crippen LogP contribution is 2.32. The highest BCUT2D eigenvalue weighted by Gasteiger charge is 2.50. The maximum Gasteiger partial charge on any atom is 0.246 e. The first-order valence-corrected chi connectivity index (χ1v) is 39.3. The number of aromatic nitrogens is 1. The Balaban J connectivity index is 1.05. The maximum atomic E-state index is 16.2. The lowest BCUT2D eigenvalue weighted by Crippen LogP contribution is -2.64. The number of ether oxygens (including phenoxy) is 4. The summed E-state index contributed by atoms with van der Waals surface area (Å²) in [6.07, 6.45) is 2.21. The molecule has 2 saturated heterocycles. The molecule has 0 spiro atoms. The van der Waals surface area contributed by atoms with E-state index in [1.165, 1.54) is 31.1 Å². The number of likely N-dealkylation sites (N-methyl/N-ethyl adjacent to an activating group) is 1. The van der Waals surface area contributed by atoms with E-state index in [1.54, 1.807) is 72.6 Å². The Morgan fingerprint density at radius 2 is 1.40 bits per heavy atom. The fourth-order valence-corrected chi connectivity index (χ4v) is 15.0. The zero-order valence-electron chi connectivity index (χ0n) is 65.3. The van der Waals surface area contributed by atoms with E-state index in [0.717, 1.165) is 35.4 Å². The lowest BCUT2D eigenvalue weighted by Gasteiger charge is -2.37. The van der Waals surface area contributed by atoms with E-state index in [1.807, 2.05) is 50.0 Å². The minimum Gasteiger partial charge on any atom is -0.497 e. The van der Waals surface area contributed by atoms with Gasteiger partial charge in [0.1, 0.15) is 66.5 Å². The van der Waals surface area contributed by atoms with Gasteiger partial charge in [-0.15, -0.1) is 0 Å². The second-order valence-electron chi connectivity index (χ2n) is 31.1. The van der Waals surface area contributed by atoms with Crippen molar-refractivity contribution in [2.45, 2.75) is 190 Å². The molecule has 9 N–H and O–H groups in total. The Morgan fingerprint density at radius 3 is 2.15 bits per heavy atom. The van der Waals surface area contributed by atoms with Crippen molar-refractivity contribution in [1.29, 1.82) is 0 Å². The summed E-state index contributed by atoms with van der Waals surface area (Å²) in [6, 6.07) is 15.9. The van der Waals surface area contributed by atoms with E-state index in [-0.39, 0.29) is 110 Å². The molecule has 12 bridgehead atoms. The molecule has 11 rings (SSSR count). The molecule has 7 heterocycles. The van der Waals surface area contributed by atoms with Crippen LogP contribution in [0, 0.1) is 5.82 Å². The van der Waals surface area contributed by atoms with E-state index >= 15 is 33.2 Å². The summed E-state index contributed by atoms with van der Waals surface area (Å²) in [6.45, 7) is 4.80. The number of halogens is 1. The van der Waals surface area contributed by atoms with Crippen LogP contribution in [0.2, 0.25) is 0 Å². The second kappa shape index (κ2) is 40.0. The molecule has 9 atom stereocenters. The number of amides is 11. The van der Waals surface area contributed by atoms with Crippen molar-refractivity contribution in [2.75, 3.05) is 101 Å². The minimum atomic E-state index is -1.84. The van der Waals surface area contributed by atoms with E-state index in [2.05, 4.69) is 42.5 Å². The van der Waals surface area contributed by atoms with Gasteiger partial charge in [0.15, 0.2) is 0 Å². The standard InChI is InChI=1S/C82H110FN13O16/c1-53(97)73-77(104)90-64(44-55-23-26-61(109-6)27-24-55)80(107)95-36-14-32-82(95,2)81(108)84-33-29-54-19-21-56(22-20-54)50-93-35-12-8-7-11-34-92-51-59(62-47-60(83)25-28-67(62)92)46-65-79(106)94-37-30-68(74(94)78(105)91-73)112-52-71(100)85-48-58-16-13-15-57(43-58)45-63(75(102)89-65)88-76(103)66(87-70(99)17-9-10-18-72(93)101)49-86-69(98)31-39-110-41-42-111-40-38-96(3,4)5/h13,15-16,19-28,43,47,51,53,63-66,68,73-74,97H,7-12,14,17-18,29-42,44-46,48-50,52H2,1-6H3,(H7-,84,85,86,87,88,89,90,91,98,99,100,102,103,104,105,108)/p+1/t53-,63+,64+,65+,66-,68+,73+,74?,82+/m1/s1. The van der Waals surface area contributed by atoms with Crippen molar-refractivity contribution >= 4 is 75.9 Å². The quantitative estimate of drug-likeness (QED) is 0.0537. The SMILES string of the molecule is COc1ccc(C[C@@H]2NC(=O)[C@H]([C@@H](C)O)NC(=O)C3[C@@H]4CCN3C(=O)[C@@H]3Cc5cn(c6ccc(F)cc56)CCCCCCN(Cc5ccc(cc5)CCNC(=O)[C@]5(C)CCCN5C2=O)C(=O)CCCCC(=O)N[C@H](CNC(=O)CCOCCOCC[N+](C)(C)C)C(=O)N[C@@H](Cc2cccc(c2)CNC(=O)CO4)C(=O)N3)cc1. The topological polar surface area (TPSA) is 356 Å². The van der Waals surface area contributed by atoms with Crippen LogP contribution in [0.4, 0.5) is 4.39 Å². The number of hydrogen-bond acceptors (Lipinski definition) is 16. The summed E-state index contributed by atoms with van der Waals surface area (Å²) < 4.78 is 41.6. The van der Waals surface area contributed by atoms with E-state index in [0.29, 0.717) is 102 Å². The first-order chi connectivity index (χ1) is 53.7. The number of nitrogens with zero attached hydrogens (tertiary/aromatic N) is 5. The summed E-state index contributed by atoms with van der Waals surface area (Å²) in [5.41, 5.74) is 2.99. The zero-order valence-corrected chi connectivity index (χ0v) is 65.3.